The van der Waals surface area contributed by atoms with E-state index in [2.05, 4.69) is 18.8 Å². The van der Waals surface area contributed by atoms with Gasteiger partial charge in [0.15, 0.2) is 0 Å². The zero-order valence-electron chi connectivity index (χ0n) is 14.6. The minimum atomic E-state index is -0.0196. The Labute approximate surface area is 135 Å². The molecule has 0 amide bonds. The minimum absolute atomic E-state index is 0.0196. The number of nitrogens with zero attached hydrogens (tertiary/aromatic N) is 1. The number of aliphatic hydroxyl groups is 1. The third-order valence-corrected chi connectivity index (χ3v) is 8.54. The molecule has 4 aliphatic rings. The van der Waals surface area contributed by atoms with Crippen molar-refractivity contribution in [2.75, 3.05) is 7.05 Å². The molecular formula is C20H33NO. The second kappa shape index (κ2) is 5.06. The molecule has 0 aromatic heterocycles. The van der Waals surface area contributed by atoms with Crippen molar-refractivity contribution in [3.63, 3.8) is 0 Å². The molecule has 22 heavy (non-hydrogen) atoms. The fraction of sp³-hybridized carbons (Fsp3) is 0.950. The van der Waals surface area contributed by atoms with Gasteiger partial charge in [-0.3, -0.25) is 4.99 Å². The van der Waals surface area contributed by atoms with Gasteiger partial charge >= 0.3 is 0 Å². The topological polar surface area (TPSA) is 32.6 Å². The van der Waals surface area contributed by atoms with Gasteiger partial charge in [-0.25, -0.2) is 0 Å². The monoisotopic (exact) mass is 303 g/mol. The highest BCUT2D eigenvalue weighted by atomic mass is 16.3. The van der Waals surface area contributed by atoms with Gasteiger partial charge < -0.3 is 5.11 Å². The normalized spacial score (nSPS) is 56.4. The molecule has 4 fully saturated rings. The van der Waals surface area contributed by atoms with Crippen molar-refractivity contribution < 1.29 is 5.11 Å². The van der Waals surface area contributed by atoms with Gasteiger partial charge in [0.05, 0.1) is 6.10 Å². The van der Waals surface area contributed by atoms with E-state index in [1.54, 1.807) is 0 Å². The molecule has 124 valence electrons. The minimum Gasteiger partial charge on any atom is -0.393 e. The standard InChI is InChI=1S/C20H33NO/c1-19-8-7-17-16(18(19)11-14(12-19)21-3)5-4-13-10-15(22)6-9-20(13,17)2/h13,15-18,22H,4-12H2,1-3H3/t13-,15+,16+,17-,18-,19+,20-/m1/s1. The second-order valence-corrected chi connectivity index (χ2v) is 9.45. The largest absolute Gasteiger partial charge is 0.393 e. The lowest BCUT2D eigenvalue weighted by atomic mass is 9.45. The van der Waals surface area contributed by atoms with Gasteiger partial charge in [0.2, 0.25) is 0 Å². The van der Waals surface area contributed by atoms with Crippen LogP contribution >= 0.6 is 0 Å². The first kappa shape index (κ1) is 15.2. The molecule has 0 bridgehead atoms. The van der Waals surface area contributed by atoms with Crippen LogP contribution in [0.5, 0.6) is 0 Å². The Bertz CT molecular complexity index is 486. The summed E-state index contributed by atoms with van der Waals surface area (Å²) in [6.45, 7) is 5.12. The van der Waals surface area contributed by atoms with E-state index in [1.165, 1.54) is 50.7 Å². The number of fused-ring (bicyclic) bond motifs is 5. The van der Waals surface area contributed by atoms with Crippen molar-refractivity contribution in [2.24, 2.45) is 39.5 Å². The molecule has 0 saturated heterocycles. The Balaban J connectivity index is 1.62. The van der Waals surface area contributed by atoms with Gasteiger partial charge in [-0.1, -0.05) is 13.8 Å². The highest BCUT2D eigenvalue weighted by Crippen LogP contribution is 2.65. The van der Waals surface area contributed by atoms with E-state index >= 15 is 0 Å². The fourth-order valence-corrected chi connectivity index (χ4v) is 7.21. The smallest absolute Gasteiger partial charge is 0.0543 e. The predicted octanol–water partition coefficient (Wildman–Crippen LogP) is 4.46. The lowest BCUT2D eigenvalue weighted by Crippen LogP contribution is -2.53. The molecule has 0 aliphatic heterocycles. The van der Waals surface area contributed by atoms with Crippen LogP contribution in [0.25, 0.3) is 0 Å². The van der Waals surface area contributed by atoms with Crippen LogP contribution in [0.4, 0.5) is 0 Å². The van der Waals surface area contributed by atoms with Gasteiger partial charge in [-0.05, 0) is 92.3 Å². The van der Waals surface area contributed by atoms with Crippen molar-refractivity contribution in [1.82, 2.24) is 0 Å². The highest BCUT2D eigenvalue weighted by molar-refractivity contribution is 5.87. The highest BCUT2D eigenvalue weighted by Gasteiger charge is 2.58. The molecule has 2 nitrogen and oxygen atoms in total. The van der Waals surface area contributed by atoms with Gasteiger partial charge in [-0.15, -0.1) is 0 Å². The first-order valence-corrected chi connectivity index (χ1v) is 9.59. The summed E-state index contributed by atoms with van der Waals surface area (Å²) in [5.41, 5.74) is 2.53. The maximum Gasteiger partial charge on any atom is 0.0543 e. The third-order valence-electron chi connectivity index (χ3n) is 8.54. The molecule has 0 unspecified atom stereocenters. The summed E-state index contributed by atoms with van der Waals surface area (Å²) < 4.78 is 0. The molecule has 7 atom stereocenters. The fourth-order valence-electron chi connectivity index (χ4n) is 7.21. The molecule has 0 heterocycles. The summed E-state index contributed by atoms with van der Waals surface area (Å²) in [6.07, 6.45) is 11.5. The van der Waals surface area contributed by atoms with Crippen LogP contribution in [-0.4, -0.2) is 24.0 Å². The van der Waals surface area contributed by atoms with E-state index in [0.717, 1.165) is 36.5 Å². The molecule has 4 rings (SSSR count). The first-order valence-electron chi connectivity index (χ1n) is 9.59. The van der Waals surface area contributed by atoms with Gasteiger partial charge in [0.1, 0.15) is 0 Å². The van der Waals surface area contributed by atoms with Crippen LogP contribution in [0.3, 0.4) is 0 Å². The van der Waals surface area contributed by atoms with E-state index in [1.807, 2.05) is 7.05 Å². The van der Waals surface area contributed by atoms with Crippen molar-refractivity contribution in [1.29, 1.82) is 0 Å². The van der Waals surface area contributed by atoms with E-state index in [-0.39, 0.29) is 6.10 Å². The summed E-state index contributed by atoms with van der Waals surface area (Å²) in [4.78, 5) is 4.59. The zero-order chi connectivity index (χ0) is 15.5. The molecule has 4 saturated carbocycles. The van der Waals surface area contributed by atoms with Gasteiger partial charge in [0, 0.05) is 12.8 Å². The number of hydrogen-bond donors (Lipinski definition) is 1. The van der Waals surface area contributed by atoms with Crippen molar-refractivity contribution in [3.05, 3.63) is 0 Å². The van der Waals surface area contributed by atoms with Crippen LogP contribution < -0.4 is 0 Å². The van der Waals surface area contributed by atoms with Crippen LogP contribution in [0.15, 0.2) is 4.99 Å². The Hall–Kier alpha value is -0.370. The third kappa shape index (κ3) is 2.05. The maximum atomic E-state index is 10.1. The predicted molar refractivity (Wildman–Crippen MR) is 91.1 cm³/mol. The summed E-state index contributed by atoms with van der Waals surface area (Å²) in [7, 11) is 1.99. The summed E-state index contributed by atoms with van der Waals surface area (Å²) in [5, 5.41) is 10.1. The van der Waals surface area contributed by atoms with Gasteiger partial charge in [0.25, 0.3) is 0 Å². The number of rotatable bonds is 0. The van der Waals surface area contributed by atoms with E-state index < -0.39 is 0 Å². The van der Waals surface area contributed by atoms with Crippen LogP contribution in [-0.2, 0) is 0 Å². The van der Waals surface area contributed by atoms with Crippen molar-refractivity contribution in [3.8, 4) is 0 Å². The molecule has 0 aromatic carbocycles. The average molecular weight is 303 g/mol. The quantitative estimate of drug-likeness (QED) is 0.704. The molecule has 4 aliphatic carbocycles. The lowest BCUT2D eigenvalue weighted by molar-refractivity contribution is -0.120. The first-order chi connectivity index (χ1) is 10.5. The Morgan fingerprint density at radius 2 is 1.86 bits per heavy atom. The van der Waals surface area contributed by atoms with Gasteiger partial charge in [-0.2, -0.15) is 0 Å². The molecular weight excluding hydrogens is 270 g/mol. The number of aliphatic hydroxyl groups excluding tert-OH is 1. The Morgan fingerprint density at radius 1 is 1.05 bits per heavy atom. The van der Waals surface area contributed by atoms with Crippen molar-refractivity contribution in [2.45, 2.75) is 77.7 Å². The summed E-state index contributed by atoms with van der Waals surface area (Å²) >= 11 is 0. The van der Waals surface area contributed by atoms with Crippen LogP contribution in [0, 0.1) is 34.5 Å². The summed E-state index contributed by atoms with van der Waals surface area (Å²) in [6, 6.07) is 0. The molecule has 1 N–H and O–H groups in total. The zero-order valence-corrected chi connectivity index (χ0v) is 14.6. The van der Waals surface area contributed by atoms with E-state index in [9.17, 15) is 5.11 Å². The van der Waals surface area contributed by atoms with Crippen molar-refractivity contribution >= 4 is 5.71 Å². The van der Waals surface area contributed by atoms with Crippen LogP contribution in [0.2, 0.25) is 0 Å². The Kier molecular flexibility index (Phi) is 3.49. The number of aliphatic imine (C=N–C) groups is 1. The molecule has 0 spiro atoms. The Morgan fingerprint density at radius 3 is 2.64 bits per heavy atom. The molecule has 0 radical (unpaired) electrons. The SMILES string of the molecule is CN=C1C[C@@H]2[C@H]3CC[C@@H]4C[C@@H](O)CC[C@@]4(C)[C@@H]3CC[C@@]2(C)C1. The average Bonchev–Trinajstić information content (AvgIpc) is 2.85. The van der Waals surface area contributed by atoms with E-state index in [0.29, 0.717) is 10.8 Å². The number of hydrogen-bond acceptors (Lipinski definition) is 2. The maximum absolute atomic E-state index is 10.1. The van der Waals surface area contributed by atoms with Crippen LogP contribution in [0.1, 0.15) is 71.6 Å². The molecule has 0 aromatic rings. The summed E-state index contributed by atoms with van der Waals surface area (Å²) in [5.74, 6) is 3.50. The van der Waals surface area contributed by atoms with E-state index in [4.69, 9.17) is 0 Å². The molecule has 2 heteroatoms. The lowest BCUT2D eigenvalue weighted by Gasteiger charge is -2.60. The second-order valence-electron chi connectivity index (χ2n) is 9.45.